The Bertz CT molecular complexity index is 874. The molecule has 1 aromatic carbocycles. The molecule has 8 nitrogen and oxygen atoms in total. The first kappa shape index (κ1) is 24.8. The minimum atomic E-state index is -3.45. The predicted molar refractivity (Wildman–Crippen MR) is 124 cm³/mol. The van der Waals surface area contributed by atoms with Crippen LogP contribution in [0.25, 0.3) is 0 Å². The van der Waals surface area contributed by atoms with Gasteiger partial charge in [0.2, 0.25) is 5.91 Å². The van der Waals surface area contributed by atoms with Gasteiger partial charge in [-0.1, -0.05) is 19.9 Å². The van der Waals surface area contributed by atoms with Gasteiger partial charge in [0.15, 0.2) is 11.5 Å². The molecule has 9 heteroatoms. The summed E-state index contributed by atoms with van der Waals surface area (Å²) in [4.78, 5) is 12.6. The second-order valence-electron chi connectivity index (χ2n) is 9.17. The number of hydrogen-bond donors (Lipinski definition) is 1. The zero-order valence-electron chi connectivity index (χ0n) is 19.7. The van der Waals surface area contributed by atoms with Crippen molar-refractivity contribution in [1.82, 2.24) is 13.9 Å². The van der Waals surface area contributed by atoms with Crippen LogP contribution in [0.15, 0.2) is 18.2 Å². The smallest absolute Gasteiger partial charge is 0.281 e. The summed E-state index contributed by atoms with van der Waals surface area (Å²) in [6.45, 7) is 6.71. The van der Waals surface area contributed by atoms with Crippen LogP contribution in [0.5, 0.6) is 11.5 Å². The van der Waals surface area contributed by atoms with Crippen molar-refractivity contribution in [2.75, 3.05) is 46.9 Å². The Morgan fingerprint density at radius 2 is 1.66 bits per heavy atom. The molecule has 1 amide bonds. The molecule has 2 heterocycles. The number of hydrogen-bond acceptors (Lipinski definition) is 5. The molecule has 0 spiro atoms. The number of benzene rings is 1. The Kier molecular flexibility index (Phi) is 8.41. The summed E-state index contributed by atoms with van der Waals surface area (Å²) in [6, 6.07) is 5.73. The minimum Gasteiger partial charge on any atom is -0.493 e. The molecule has 0 saturated carbocycles. The van der Waals surface area contributed by atoms with Gasteiger partial charge >= 0.3 is 0 Å². The number of carbonyl (C=O) groups excluding carboxylic acids is 1. The second kappa shape index (κ2) is 10.9. The van der Waals surface area contributed by atoms with Gasteiger partial charge in [-0.25, -0.2) is 0 Å². The summed E-state index contributed by atoms with van der Waals surface area (Å²) in [5.41, 5.74) is 1.05. The molecule has 2 aliphatic rings. The van der Waals surface area contributed by atoms with Gasteiger partial charge in [-0.2, -0.15) is 17.0 Å². The van der Waals surface area contributed by atoms with E-state index in [9.17, 15) is 13.2 Å². The highest BCUT2D eigenvalue weighted by Crippen LogP contribution is 2.29. The molecule has 2 saturated heterocycles. The zero-order valence-corrected chi connectivity index (χ0v) is 20.5. The lowest BCUT2D eigenvalue weighted by molar-refractivity contribution is -0.126. The number of piperidine rings is 2. The van der Waals surface area contributed by atoms with Crippen molar-refractivity contribution in [2.45, 2.75) is 39.5 Å². The van der Waals surface area contributed by atoms with Crippen LogP contribution in [0.3, 0.4) is 0 Å². The van der Waals surface area contributed by atoms with E-state index in [0.717, 1.165) is 12.0 Å². The Balaban J connectivity index is 1.46. The Morgan fingerprint density at radius 1 is 1.03 bits per heavy atom. The number of nitrogens with one attached hydrogen (secondary N) is 1. The van der Waals surface area contributed by atoms with Crippen molar-refractivity contribution in [1.29, 1.82) is 0 Å². The molecular formula is C23H37N3O5S. The molecule has 1 aromatic rings. The van der Waals surface area contributed by atoms with Crippen LogP contribution in [-0.4, -0.2) is 69.9 Å². The molecule has 0 radical (unpaired) electrons. The van der Waals surface area contributed by atoms with Gasteiger partial charge in [0.1, 0.15) is 0 Å². The maximum atomic E-state index is 13.1. The van der Waals surface area contributed by atoms with Gasteiger partial charge in [0.05, 0.1) is 14.2 Å². The van der Waals surface area contributed by atoms with Gasteiger partial charge in [-0.05, 0) is 55.2 Å². The Labute approximate surface area is 192 Å². The molecule has 0 aromatic heterocycles. The average molecular weight is 468 g/mol. The molecule has 3 rings (SSSR count). The largest absolute Gasteiger partial charge is 0.493 e. The maximum Gasteiger partial charge on any atom is 0.281 e. The molecular weight excluding hydrogens is 430 g/mol. The van der Waals surface area contributed by atoms with E-state index < -0.39 is 10.2 Å². The van der Waals surface area contributed by atoms with Gasteiger partial charge < -0.3 is 14.8 Å². The summed E-state index contributed by atoms with van der Waals surface area (Å²) in [6.07, 6.45) is 2.86. The normalized spacial score (nSPS) is 23.6. The first-order valence-corrected chi connectivity index (χ1v) is 12.9. The van der Waals surface area contributed by atoms with E-state index in [1.54, 1.807) is 22.8 Å². The number of methoxy groups -OCH3 is 2. The van der Waals surface area contributed by atoms with E-state index in [-0.39, 0.29) is 11.8 Å². The van der Waals surface area contributed by atoms with Crippen LogP contribution >= 0.6 is 0 Å². The van der Waals surface area contributed by atoms with E-state index in [4.69, 9.17) is 9.47 Å². The van der Waals surface area contributed by atoms with E-state index in [0.29, 0.717) is 75.3 Å². The number of amides is 1. The highest BCUT2D eigenvalue weighted by molar-refractivity contribution is 7.86. The Morgan fingerprint density at radius 3 is 2.25 bits per heavy atom. The third kappa shape index (κ3) is 5.94. The number of carbonyl (C=O) groups is 1. The first-order valence-electron chi connectivity index (χ1n) is 11.5. The van der Waals surface area contributed by atoms with Gasteiger partial charge in [0, 0.05) is 38.6 Å². The minimum absolute atomic E-state index is 0.00254. The van der Waals surface area contributed by atoms with Crippen molar-refractivity contribution in [3.63, 3.8) is 0 Å². The van der Waals surface area contributed by atoms with Gasteiger partial charge in [-0.15, -0.1) is 0 Å². The lowest BCUT2D eigenvalue weighted by Crippen LogP contribution is -2.52. The van der Waals surface area contributed by atoms with Crippen molar-refractivity contribution < 1.29 is 22.7 Å². The first-order chi connectivity index (χ1) is 15.2. The van der Waals surface area contributed by atoms with E-state index in [1.165, 1.54) is 0 Å². The van der Waals surface area contributed by atoms with Crippen LogP contribution < -0.4 is 14.8 Å². The molecule has 180 valence electrons. The molecule has 1 N–H and O–H groups in total. The SMILES string of the molecule is COc1ccc(CCNC(=O)C2CCN(S(=O)(=O)N3C[C@H](C)C[C@H](C)C3)CC2)cc1OC. The second-order valence-corrected chi connectivity index (χ2v) is 11.1. The fourth-order valence-corrected chi connectivity index (χ4v) is 6.70. The van der Waals surface area contributed by atoms with Crippen LogP contribution in [0, 0.1) is 17.8 Å². The topological polar surface area (TPSA) is 88.2 Å². The molecule has 2 atom stereocenters. The van der Waals surface area contributed by atoms with Crippen molar-refractivity contribution in [3.05, 3.63) is 23.8 Å². The summed E-state index contributed by atoms with van der Waals surface area (Å²) >= 11 is 0. The van der Waals surface area contributed by atoms with Gasteiger partial charge in [-0.3, -0.25) is 4.79 Å². The highest BCUT2D eigenvalue weighted by atomic mass is 32.2. The number of ether oxygens (including phenoxy) is 2. The quantitative estimate of drug-likeness (QED) is 0.634. The monoisotopic (exact) mass is 467 g/mol. The molecule has 2 fully saturated rings. The lowest BCUT2D eigenvalue weighted by Gasteiger charge is -2.39. The van der Waals surface area contributed by atoms with E-state index >= 15 is 0 Å². The van der Waals surface area contributed by atoms with E-state index in [1.807, 2.05) is 18.2 Å². The molecule has 32 heavy (non-hydrogen) atoms. The summed E-state index contributed by atoms with van der Waals surface area (Å²) in [7, 11) is -0.254. The Hall–Kier alpha value is -1.84. The summed E-state index contributed by atoms with van der Waals surface area (Å²) in [5, 5.41) is 3.01. The summed E-state index contributed by atoms with van der Waals surface area (Å²) in [5.74, 6) is 1.96. The van der Waals surface area contributed by atoms with Crippen LogP contribution in [0.2, 0.25) is 0 Å². The predicted octanol–water partition coefficient (Wildman–Crippen LogP) is 2.30. The standard InChI is InChI=1S/C23H37N3O5S/c1-17-13-18(2)16-26(15-17)32(28,29)25-11-8-20(9-12-25)23(27)24-10-7-19-5-6-21(30-3)22(14-19)31-4/h5-6,14,17-18,20H,7-13,15-16H2,1-4H3,(H,24,27)/t17-,18+. The lowest BCUT2D eigenvalue weighted by atomic mass is 9.94. The van der Waals surface area contributed by atoms with Crippen LogP contribution in [0.4, 0.5) is 0 Å². The third-order valence-electron chi connectivity index (χ3n) is 6.47. The fourth-order valence-electron chi connectivity index (χ4n) is 4.82. The van der Waals surface area contributed by atoms with Crippen molar-refractivity contribution in [3.8, 4) is 11.5 Å². The van der Waals surface area contributed by atoms with Crippen LogP contribution in [0.1, 0.15) is 38.7 Å². The number of nitrogens with zero attached hydrogens (tertiary/aromatic N) is 2. The maximum absolute atomic E-state index is 13.1. The number of rotatable bonds is 8. The van der Waals surface area contributed by atoms with E-state index in [2.05, 4.69) is 19.2 Å². The highest BCUT2D eigenvalue weighted by Gasteiger charge is 2.37. The van der Waals surface area contributed by atoms with Crippen LogP contribution in [-0.2, 0) is 21.4 Å². The molecule has 2 aliphatic heterocycles. The zero-order chi connectivity index (χ0) is 23.3. The average Bonchev–Trinajstić information content (AvgIpc) is 2.78. The molecule has 0 unspecified atom stereocenters. The fraction of sp³-hybridized carbons (Fsp3) is 0.696. The summed E-state index contributed by atoms with van der Waals surface area (Å²) < 4.78 is 39.9. The van der Waals surface area contributed by atoms with Crippen molar-refractivity contribution >= 4 is 16.1 Å². The van der Waals surface area contributed by atoms with Crippen molar-refractivity contribution in [2.24, 2.45) is 17.8 Å². The van der Waals surface area contributed by atoms with Gasteiger partial charge in [0.25, 0.3) is 10.2 Å². The third-order valence-corrected chi connectivity index (χ3v) is 8.44. The molecule has 0 aliphatic carbocycles. The molecule has 0 bridgehead atoms.